The molecule has 2 aromatic heterocycles. The Morgan fingerprint density at radius 3 is 2.24 bits per heavy atom. The summed E-state index contributed by atoms with van der Waals surface area (Å²) in [6.07, 6.45) is 1.52. The van der Waals surface area contributed by atoms with Crippen LogP contribution in [0.5, 0.6) is 5.75 Å². The lowest BCUT2D eigenvalue weighted by atomic mass is 10.1. The summed E-state index contributed by atoms with van der Waals surface area (Å²) >= 11 is 3.34. The molecule has 4 aromatic rings. The zero-order chi connectivity index (χ0) is 24.4. The van der Waals surface area contributed by atoms with Gasteiger partial charge in [-0.25, -0.2) is 9.37 Å². The molecule has 0 amide bonds. The summed E-state index contributed by atoms with van der Waals surface area (Å²) in [5.74, 6) is -0.540. The fourth-order valence-corrected chi connectivity index (χ4v) is 2.82. The zero-order valence-electron chi connectivity index (χ0n) is 18.9. The van der Waals surface area contributed by atoms with Gasteiger partial charge < -0.3 is 14.5 Å². The van der Waals surface area contributed by atoms with Crippen molar-refractivity contribution in [3.63, 3.8) is 0 Å². The first-order valence-electron chi connectivity index (χ1n) is 10.6. The summed E-state index contributed by atoms with van der Waals surface area (Å²) in [6, 6.07) is 13.0. The van der Waals surface area contributed by atoms with Gasteiger partial charge in [0, 0.05) is 10.0 Å². The van der Waals surface area contributed by atoms with Gasteiger partial charge in [0.2, 0.25) is 11.6 Å². The highest BCUT2D eigenvalue weighted by atomic mass is 79.9. The molecule has 0 saturated heterocycles. The number of aromatic hydroxyl groups is 1. The molecule has 0 saturated carbocycles. The van der Waals surface area contributed by atoms with E-state index < -0.39 is 11.3 Å². The summed E-state index contributed by atoms with van der Waals surface area (Å²) in [5, 5.41) is 17.9. The van der Waals surface area contributed by atoms with Crippen molar-refractivity contribution in [2.24, 2.45) is 0 Å². The lowest BCUT2D eigenvalue weighted by Crippen LogP contribution is -2.10. The molecule has 33 heavy (non-hydrogen) atoms. The minimum Gasteiger partial charge on any atom is -0.501 e. The van der Waals surface area contributed by atoms with Crippen molar-refractivity contribution in [2.45, 2.75) is 40.5 Å². The normalized spacial score (nSPS) is 10.0. The van der Waals surface area contributed by atoms with Crippen LogP contribution in [0.4, 0.5) is 4.39 Å². The molecule has 2 aromatic carbocycles. The van der Waals surface area contributed by atoms with Crippen LogP contribution in [0.3, 0.4) is 0 Å². The first-order valence-corrected chi connectivity index (χ1v) is 11.4. The van der Waals surface area contributed by atoms with Gasteiger partial charge in [-0.2, -0.15) is 0 Å². The highest BCUT2D eigenvalue weighted by molar-refractivity contribution is 9.10. The molecule has 2 N–H and O–H groups in total. The number of nitrogens with zero attached hydrogens (tertiary/aromatic N) is 3. The fourth-order valence-electron chi connectivity index (χ4n) is 2.56. The quantitative estimate of drug-likeness (QED) is 0.338. The maximum Gasteiger partial charge on any atom is 0.294 e. The van der Waals surface area contributed by atoms with E-state index in [2.05, 4.69) is 49.9 Å². The van der Waals surface area contributed by atoms with Gasteiger partial charge in [0.05, 0.1) is 6.42 Å². The van der Waals surface area contributed by atoms with Crippen LogP contribution in [-0.4, -0.2) is 25.3 Å². The van der Waals surface area contributed by atoms with Gasteiger partial charge in [0.25, 0.3) is 11.4 Å². The summed E-state index contributed by atoms with van der Waals surface area (Å²) in [6.45, 7) is 8.25. The Balaban J connectivity index is 0.000000714. The van der Waals surface area contributed by atoms with Crippen LogP contribution in [0, 0.1) is 5.82 Å². The van der Waals surface area contributed by atoms with E-state index in [1.165, 1.54) is 18.6 Å². The molecule has 0 fully saturated rings. The topological polar surface area (TPSA) is 105 Å². The van der Waals surface area contributed by atoms with Gasteiger partial charge in [-0.1, -0.05) is 74.3 Å². The van der Waals surface area contributed by atoms with Crippen molar-refractivity contribution >= 4 is 15.9 Å². The average molecular weight is 517 g/mol. The third-order valence-electron chi connectivity index (χ3n) is 3.95. The minimum absolute atomic E-state index is 0.0842. The van der Waals surface area contributed by atoms with E-state index in [9.17, 15) is 14.3 Å². The fraction of sp³-hybridized carbons (Fsp3) is 0.250. The Morgan fingerprint density at radius 2 is 1.64 bits per heavy atom. The van der Waals surface area contributed by atoms with Crippen molar-refractivity contribution < 1.29 is 13.9 Å². The number of aromatic amines is 1. The molecular formula is C24H26BrFN4O3. The van der Waals surface area contributed by atoms with Gasteiger partial charge in [-0.3, -0.25) is 4.79 Å². The second-order valence-electron chi connectivity index (χ2n) is 6.63. The number of hydrogen-bond acceptors (Lipinski definition) is 6. The van der Waals surface area contributed by atoms with Crippen LogP contribution in [0.15, 0.2) is 62.2 Å². The third-order valence-corrected chi connectivity index (χ3v) is 4.48. The zero-order valence-corrected chi connectivity index (χ0v) is 20.5. The highest BCUT2D eigenvalue weighted by Gasteiger charge is 2.19. The van der Waals surface area contributed by atoms with Crippen molar-refractivity contribution in [3.05, 3.63) is 80.6 Å². The van der Waals surface area contributed by atoms with E-state index in [1.807, 2.05) is 13.8 Å². The predicted octanol–water partition coefficient (Wildman–Crippen LogP) is 6.13. The molecule has 174 valence electrons. The number of aromatic nitrogens is 4. The van der Waals surface area contributed by atoms with E-state index >= 15 is 0 Å². The molecule has 2 heterocycles. The van der Waals surface area contributed by atoms with Gasteiger partial charge in [0.15, 0.2) is 5.69 Å². The molecular weight excluding hydrogens is 491 g/mol. The van der Waals surface area contributed by atoms with Gasteiger partial charge >= 0.3 is 0 Å². The Bertz CT molecular complexity index is 1210. The van der Waals surface area contributed by atoms with E-state index in [1.54, 1.807) is 36.4 Å². The molecule has 0 aliphatic carbocycles. The number of hydrogen-bond donors (Lipinski definition) is 2. The number of rotatable bonds is 4. The summed E-state index contributed by atoms with van der Waals surface area (Å²) in [5.41, 5.74) is 0.587. The third kappa shape index (κ3) is 7.08. The molecule has 0 spiro atoms. The smallest absolute Gasteiger partial charge is 0.294 e. The highest BCUT2D eigenvalue weighted by Crippen LogP contribution is 2.26. The molecule has 0 unspecified atom stereocenters. The molecule has 0 atom stereocenters. The summed E-state index contributed by atoms with van der Waals surface area (Å²) < 4.78 is 19.4. The largest absolute Gasteiger partial charge is 0.501 e. The monoisotopic (exact) mass is 516 g/mol. The first kappa shape index (κ1) is 25.9. The molecule has 0 aliphatic heterocycles. The van der Waals surface area contributed by atoms with Gasteiger partial charge in [-0.05, 0) is 29.8 Å². The summed E-state index contributed by atoms with van der Waals surface area (Å²) in [7, 11) is 0. The molecule has 0 radical (unpaired) electrons. The van der Waals surface area contributed by atoms with Crippen LogP contribution >= 0.6 is 15.9 Å². The standard InChI is InChI=1S/C19H12BrFN4O3.C3H8.C2H6/c20-12-5-3-11(4-6-12)17-22-15(16(26)18(27)23-17)19-25-24-14(28-19)9-10-1-7-13(21)8-2-10;1-3-2;1-2/h1-8,26H,9H2,(H,22,23,27);3H2,1-2H3;1-2H3. The van der Waals surface area contributed by atoms with E-state index in [0.29, 0.717) is 5.56 Å². The maximum absolute atomic E-state index is 13.0. The molecule has 9 heteroatoms. The van der Waals surface area contributed by atoms with Crippen LogP contribution < -0.4 is 5.56 Å². The lowest BCUT2D eigenvalue weighted by Gasteiger charge is -2.04. The lowest BCUT2D eigenvalue weighted by molar-refractivity contribution is 0.458. The second kappa shape index (κ2) is 12.6. The number of benzene rings is 2. The molecule has 0 bridgehead atoms. The molecule has 7 nitrogen and oxygen atoms in total. The van der Waals surface area contributed by atoms with E-state index in [-0.39, 0.29) is 35.5 Å². The van der Waals surface area contributed by atoms with E-state index in [0.717, 1.165) is 10.0 Å². The number of H-pyrrole nitrogens is 1. The summed E-state index contributed by atoms with van der Waals surface area (Å²) in [4.78, 5) is 18.9. The number of halogens is 2. The van der Waals surface area contributed by atoms with Gasteiger partial charge in [-0.15, -0.1) is 10.2 Å². The number of nitrogens with one attached hydrogen (secondary N) is 1. The SMILES string of the molecule is CC.CCC.O=c1[nH]c(-c2ccc(Br)cc2)nc(-c2nnc(Cc3ccc(F)cc3)o2)c1O. The van der Waals surface area contributed by atoms with Crippen LogP contribution in [0.1, 0.15) is 45.6 Å². The second-order valence-corrected chi connectivity index (χ2v) is 7.55. The minimum atomic E-state index is -0.721. The predicted molar refractivity (Wildman–Crippen MR) is 129 cm³/mol. The van der Waals surface area contributed by atoms with Crippen molar-refractivity contribution in [1.29, 1.82) is 0 Å². The van der Waals surface area contributed by atoms with Crippen LogP contribution in [0.25, 0.3) is 23.0 Å². The molecule has 4 rings (SSSR count). The first-order chi connectivity index (χ1) is 15.9. The maximum atomic E-state index is 13.0. The Morgan fingerprint density at radius 1 is 1.03 bits per heavy atom. The van der Waals surface area contributed by atoms with Crippen molar-refractivity contribution in [3.8, 4) is 28.7 Å². The van der Waals surface area contributed by atoms with Crippen molar-refractivity contribution in [2.75, 3.05) is 0 Å². The van der Waals surface area contributed by atoms with Crippen LogP contribution in [-0.2, 0) is 6.42 Å². The van der Waals surface area contributed by atoms with E-state index in [4.69, 9.17) is 4.42 Å². The Labute approximate surface area is 199 Å². The van der Waals surface area contributed by atoms with Crippen LogP contribution in [0.2, 0.25) is 0 Å². The van der Waals surface area contributed by atoms with Gasteiger partial charge in [0.1, 0.15) is 11.6 Å². The Kier molecular flexibility index (Phi) is 9.93. The molecule has 0 aliphatic rings. The van der Waals surface area contributed by atoms with Crippen molar-refractivity contribution in [1.82, 2.24) is 20.2 Å². The average Bonchev–Trinajstić information content (AvgIpc) is 3.28. The Hall–Kier alpha value is -3.33.